The van der Waals surface area contributed by atoms with Crippen LogP contribution in [0.4, 0.5) is 0 Å². The van der Waals surface area contributed by atoms with E-state index >= 15 is 0 Å². The third-order valence-electron chi connectivity index (χ3n) is 4.61. The van der Waals surface area contributed by atoms with Crippen molar-refractivity contribution in [1.29, 1.82) is 0 Å². The molecular formula is C22H22N4O4S2. The van der Waals surface area contributed by atoms with Crippen molar-refractivity contribution < 1.29 is 14.3 Å². The zero-order chi connectivity index (χ0) is 22.7. The topological polar surface area (TPSA) is 109 Å². The summed E-state index contributed by atoms with van der Waals surface area (Å²) in [6, 6.07) is 9.29. The SMILES string of the molecule is CCOc1ccc(Cn2c(SCC(N)=O)nc3c(sc4ncccc43)c2=O)cc1OCC. The van der Waals surface area contributed by atoms with E-state index in [4.69, 9.17) is 20.2 Å². The Hall–Kier alpha value is -3.11. The summed E-state index contributed by atoms with van der Waals surface area (Å²) in [4.78, 5) is 34.7. The number of hydrogen-bond acceptors (Lipinski definition) is 8. The van der Waals surface area contributed by atoms with Gasteiger partial charge in [-0.15, -0.1) is 11.3 Å². The monoisotopic (exact) mass is 470 g/mol. The highest BCUT2D eigenvalue weighted by atomic mass is 32.2. The number of carbonyl (C=O) groups excluding carboxylic acids is 1. The van der Waals surface area contributed by atoms with Gasteiger partial charge in [0.2, 0.25) is 5.91 Å². The fraction of sp³-hybridized carbons (Fsp3) is 0.273. The maximum Gasteiger partial charge on any atom is 0.272 e. The Kier molecular flexibility index (Phi) is 6.61. The first kappa shape index (κ1) is 22.1. The fourth-order valence-electron chi connectivity index (χ4n) is 3.30. The van der Waals surface area contributed by atoms with Crippen molar-refractivity contribution in [3.8, 4) is 11.5 Å². The summed E-state index contributed by atoms with van der Waals surface area (Å²) < 4.78 is 13.4. The Bertz CT molecular complexity index is 1350. The number of fused-ring (bicyclic) bond motifs is 3. The number of nitrogens with two attached hydrogens (primary N) is 1. The third-order valence-corrected chi connectivity index (χ3v) is 6.70. The first-order valence-corrected chi connectivity index (χ1v) is 11.9. The van der Waals surface area contributed by atoms with Gasteiger partial charge in [0.05, 0.1) is 31.0 Å². The largest absolute Gasteiger partial charge is 0.490 e. The number of ether oxygens (including phenoxy) is 2. The third kappa shape index (κ3) is 4.42. The molecule has 0 fully saturated rings. The number of rotatable bonds is 9. The average molecular weight is 471 g/mol. The first-order valence-electron chi connectivity index (χ1n) is 10.1. The number of nitrogens with zero attached hydrogens (tertiary/aromatic N) is 3. The minimum Gasteiger partial charge on any atom is -0.490 e. The second kappa shape index (κ2) is 9.58. The van der Waals surface area contributed by atoms with Gasteiger partial charge in [-0.3, -0.25) is 14.2 Å². The predicted molar refractivity (Wildman–Crippen MR) is 127 cm³/mol. The molecule has 0 saturated heterocycles. The minimum absolute atomic E-state index is 0.0196. The molecule has 0 radical (unpaired) electrons. The van der Waals surface area contributed by atoms with Crippen LogP contribution in [-0.2, 0) is 11.3 Å². The standard InChI is InChI=1S/C22H22N4O4S2/c1-3-29-15-8-7-13(10-16(15)30-4-2)11-26-21(28)19-18(25-22(26)31-12-17(23)27)14-6-5-9-24-20(14)32-19/h5-10H,3-4,11-12H2,1-2H3,(H2,23,27). The highest BCUT2D eigenvalue weighted by Gasteiger charge is 2.18. The zero-order valence-electron chi connectivity index (χ0n) is 17.7. The van der Waals surface area contributed by atoms with Gasteiger partial charge in [0.25, 0.3) is 5.56 Å². The molecular weight excluding hydrogens is 448 g/mol. The molecule has 8 nitrogen and oxygen atoms in total. The van der Waals surface area contributed by atoms with Crippen molar-refractivity contribution in [3.05, 3.63) is 52.4 Å². The lowest BCUT2D eigenvalue weighted by atomic mass is 10.2. The second-order valence-electron chi connectivity index (χ2n) is 6.82. The van der Waals surface area contributed by atoms with E-state index in [-0.39, 0.29) is 17.9 Å². The van der Waals surface area contributed by atoms with Crippen molar-refractivity contribution in [2.45, 2.75) is 25.5 Å². The van der Waals surface area contributed by atoms with Crippen molar-refractivity contribution in [2.24, 2.45) is 5.73 Å². The maximum absolute atomic E-state index is 13.5. The van der Waals surface area contributed by atoms with Gasteiger partial charge in [-0.2, -0.15) is 0 Å². The van der Waals surface area contributed by atoms with Gasteiger partial charge in [-0.05, 0) is 43.7 Å². The van der Waals surface area contributed by atoms with Gasteiger partial charge in [0, 0.05) is 11.6 Å². The summed E-state index contributed by atoms with van der Waals surface area (Å²) in [5.41, 5.74) is 6.60. The van der Waals surface area contributed by atoms with Crippen LogP contribution in [0.2, 0.25) is 0 Å². The van der Waals surface area contributed by atoms with E-state index in [1.165, 1.54) is 11.3 Å². The number of pyridine rings is 1. The van der Waals surface area contributed by atoms with E-state index in [9.17, 15) is 9.59 Å². The molecule has 0 spiro atoms. The molecule has 3 heterocycles. The molecule has 10 heteroatoms. The summed E-state index contributed by atoms with van der Waals surface area (Å²) >= 11 is 2.46. The van der Waals surface area contributed by atoms with Crippen LogP contribution in [0.15, 0.2) is 46.5 Å². The molecule has 0 aliphatic heterocycles. The van der Waals surface area contributed by atoms with Crippen LogP contribution in [-0.4, -0.2) is 39.4 Å². The number of amides is 1. The second-order valence-corrected chi connectivity index (χ2v) is 8.77. The van der Waals surface area contributed by atoms with E-state index in [0.717, 1.165) is 27.5 Å². The summed E-state index contributed by atoms with van der Waals surface area (Å²) in [7, 11) is 0. The zero-order valence-corrected chi connectivity index (χ0v) is 19.3. The number of thioether (sulfide) groups is 1. The van der Waals surface area contributed by atoms with Gasteiger partial charge in [-0.1, -0.05) is 17.8 Å². The lowest BCUT2D eigenvalue weighted by Crippen LogP contribution is -2.24. The van der Waals surface area contributed by atoms with E-state index in [2.05, 4.69) is 4.98 Å². The van der Waals surface area contributed by atoms with Crippen LogP contribution in [0.3, 0.4) is 0 Å². The van der Waals surface area contributed by atoms with Crippen LogP contribution in [0.1, 0.15) is 19.4 Å². The smallest absolute Gasteiger partial charge is 0.272 e. The molecule has 2 N–H and O–H groups in total. The highest BCUT2D eigenvalue weighted by molar-refractivity contribution is 7.99. The average Bonchev–Trinajstić information content (AvgIpc) is 3.15. The quantitative estimate of drug-likeness (QED) is 0.295. The minimum atomic E-state index is -0.479. The normalized spacial score (nSPS) is 11.2. The molecule has 0 unspecified atom stereocenters. The van der Waals surface area contributed by atoms with E-state index in [1.807, 2.05) is 44.2 Å². The summed E-state index contributed by atoms with van der Waals surface area (Å²) in [6.07, 6.45) is 1.69. The number of primary amides is 1. The van der Waals surface area contributed by atoms with Crippen molar-refractivity contribution in [3.63, 3.8) is 0 Å². The van der Waals surface area contributed by atoms with Crippen molar-refractivity contribution in [1.82, 2.24) is 14.5 Å². The molecule has 4 rings (SSSR count). The highest BCUT2D eigenvalue weighted by Crippen LogP contribution is 2.32. The molecule has 0 aliphatic rings. The molecule has 4 aromatic rings. The molecule has 32 heavy (non-hydrogen) atoms. The maximum atomic E-state index is 13.5. The Labute approximate surface area is 192 Å². The van der Waals surface area contributed by atoms with Crippen molar-refractivity contribution in [2.75, 3.05) is 19.0 Å². The number of benzene rings is 1. The van der Waals surface area contributed by atoms with Gasteiger partial charge in [-0.25, -0.2) is 9.97 Å². The number of aromatic nitrogens is 3. The Balaban J connectivity index is 1.83. The van der Waals surface area contributed by atoms with Gasteiger partial charge in [0.1, 0.15) is 9.53 Å². The molecule has 1 aromatic carbocycles. The number of carbonyl (C=O) groups is 1. The molecule has 0 bridgehead atoms. The number of thiophene rings is 1. The molecule has 0 saturated carbocycles. The molecule has 0 aliphatic carbocycles. The Morgan fingerprint density at radius 2 is 1.97 bits per heavy atom. The lowest BCUT2D eigenvalue weighted by molar-refractivity contribution is -0.115. The van der Waals surface area contributed by atoms with Crippen LogP contribution >= 0.6 is 23.1 Å². The Morgan fingerprint density at radius 3 is 2.72 bits per heavy atom. The summed E-state index contributed by atoms with van der Waals surface area (Å²) in [5, 5.41) is 1.24. The van der Waals surface area contributed by atoms with Gasteiger partial charge >= 0.3 is 0 Å². The van der Waals surface area contributed by atoms with Gasteiger partial charge < -0.3 is 15.2 Å². The Morgan fingerprint density at radius 1 is 1.19 bits per heavy atom. The van der Waals surface area contributed by atoms with E-state index in [1.54, 1.807) is 10.8 Å². The van der Waals surface area contributed by atoms with E-state index < -0.39 is 5.91 Å². The van der Waals surface area contributed by atoms with Crippen LogP contribution < -0.4 is 20.8 Å². The number of hydrogen-bond donors (Lipinski definition) is 1. The summed E-state index contributed by atoms with van der Waals surface area (Å²) in [6.45, 7) is 5.08. The van der Waals surface area contributed by atoms with Crippen molar-refractivity contribution >= 4 is 49.4 Å². The molecule has 1 amide bonds. The molecule has 3 aromatic heterocycles. The van der Waals surface area contributed by atoms with Crippen LogP contribution in [0.25, 0.3) is 20.4 Å². The molecule has 0 atom stereocenters. The van der Waals surface area contributed by atoms with Crippen LogP contribution in [0.5, 0.6) is 11.5 Å². The lowest BCUT2D eigenvalue weighted by Gasteiger charge is -2.15. The molecule has 166 valence electrons. The first-order chi connectivity index (χ1) is 15.5. The summed E-state index contributed by atoms with van der Waals surface area (Å²) in [5.74, 6) is 0.808. The van der Waals surface area contributed by atoms with E-state index in [0.29, 0.717) is 40.1 Å². The predicted octanol–water partition coefficient (Wildman–Crippen LogP) is 3.43. The van der Waals surface area contributed by atoms with Gasteiger partial charge in [0.15, 0.2) is 16.7 Å². The fourth-order valence-corrected chi connectivity index (χ4v) is 5.06. The van der Waals surface area contributed by atoms with Crippen LogP contribution in [0, 0.1) is 0 Å².